The second-order valence-electron chi connectivity index (χ2n) is 4.85. The van der Waals surface area contributed by atoms with Gasteiger partial charge >= 0.3 is 0 Å². The number of hydrogen-bond acceptors (Lipinski definition) is 3. The van der Waals surface area contributed by atoms with Gasteiger partial charge in [0, 0.05) is 12.0 Å². The highest BCUT2D eigenvalue weighted by molar-refractivity contribution is 7.98. The summed E-state index contributed by atoms with van der Waals surface area (Å²) in [6, 6.07) is 3.71. The Labute approximate surface area is 112 Å². The standard InChI is InChI=1S/C14H20FNOS/c1-17-11-6-5-10(12(15)13(11)18-2)14(9-16)7-3-4-8-14/h5-6H,3-4,7-9,16H2,1-2H3. The molecule has 1 aromatic carbocycles. The summed E-state index contributed by atoms with van der Waals surface area (Å²) in [5, 5.41) is 0. The van der Waals surface area contributed by atoms with E-state index in [0.29, 0.717) is 17.2 Å². The van der Waals surface area contributed by atoms with E-state index in [1.54, 1.807) is 7.11 Å². The topological polar surface area (TPSA) is 35.2 Å². The van der Waals surface area contributed by atoms with Crippen LogP contribution in [-0.4, -0.2) is 19.9 Å². The van der Waals surface area contributed by atoms with Crippen molar-refractivity contribution in [3.8, 4) is 5.75 Å². The molecule has 1 aromatic rings. The maximum Gasteiger partial charge on any atom is 0.144 e. The van der Waals surface area contributed by atoms with E-state index >= 15 is 0 Å². The first-order valence-corrected chi connectivity index (χ1v) is 7.52. The van der Waals surface area contributed by atoms with Gasteiger partial charge in [0.25, 0.3) is 0 Å². The van der Waals surface area contributed by atoms with Crippen molar-refractivity contribution < 1.29 is 9.13 Å². The van der Waals surface area contributed by atoms with Crippen molar-refractivity contribution >= 4 is 11.8 Å². The molecule has 1 aliphatic rings. The summed E-state index contributed by atoms with van der Waals surface area (Å²) >= 11 is 1.39. The molecule has 0 spiro atoms. The SMILES string of the molecule is COc1ccc(C2(CN)CCCC2)c(F)c1SC. The van der Waals surface area contributed by atoms with Crippen LogP contribution in [0, 0.1) is 5.82 Å². The molecule has 4 heteroatoms. The lowest BCUT2D eigenvalue weighted by atomic mass is 9.78. The summed E-state index contributed by atoms with van der Waals surface area (Å²) < 4.78 is 19.9. The van der Waals surface area contributed by atoms with Crippen LogP contribution in [0.15, 0.2) is 17.0 Å². The Morgan fingerprint density at radius 2 is 2.06 bits per heavy atom. The highest BCUT2D eigenvalue weighted by Crippen LogP contribution is 2.44. The molecule has 2 nitrogen and oxygen atoms in total. The molecule has 1 aliphatic carbocycles. The van der Waals surface area contributed by atoms with Gasteiger partial charge in [0.05, 0.1) is 12.0 Å². The van der Waals surface area contributed by atoms with Crippen molar-refractivity contribution in [3.63, 3.8) is 0 Å². The van der Waals surface area contributed by atoms with Gasteiger partial charge in [-0.05, 0) is 30.7 Å². The minimum absolute atomic E-state index is 0.144. The molecule has 0 aliphatic heterocycles. The Morgan fingerprint density at radius 3 is 2.56 bits per heavy atom. The molecule has 0 atom stereocenters. The molecular formula is C14H20FNOS. The smallest absolute Gasteiger partial charge is 0.144 e. The summed E-state index contributed by atoms with van der Waals surface area (Å²) in [6.45, 7) is 0.518. The number of methoxy groups -OCH3 is 1. The number of nitrogens with two attached hydrogens (primary N) is 1. The second-order valence-corrected chi connectivity index (χ2v) is 5.67. The van der Waals surface area contributed by atoms with Crippen molar-refractivity contribution in [2.24, 2.45) is 5.73 Å². The lowest BCUT2D eigenvalue weighted by molar-refractivity contribution is 0.385. The zero-order chi connectivity index (χ0) is 13.2. The average molecular weight is 269 g/mol. The minimum Gasteiger partial charge on any atom is -0.495 e. The van der Waals surface area contributed by atoms with Gasteiger partial charge in [-0.15, -0.1) is 11.8 Å². The van der Waals surface area contributed by atoms with Crippen molar-refractivity contribution in [2.75, 3.05) is 19.9 Å². The van der Waals surface area contributed by atoms with E-state index < -0.39 is 0 Å². The van der Waals surface area contributed by atoms with Crippen LogP contribution in [0.2, 0.25) is 0 Å². The molecule has 0 saturated heterocycles. The van der Waals surface area contributed by atoms with Gasteiger partial charge in [0.2, 0.25) is 0 Å². The van der Waals surface area contributed by atoms with Gasteiger partial charge in [-0.2, -0.15) is 0 Å². The number of thioether (sulfide) groups is 1. The van der Waals surface area contributed by atoms with Crippen LogP contribution in [0.1, 0.15) is 31.2 Å². The van der Waals surface area contributed by atoms with Gasteiger partial charge in [0.15, 0.2) is 0 Å². The summed E-state index contributed by atoms with van der Waals surface area (Å²) in [4.78, 5) is 0.592. The Morgan fingerprint density at radius 1 is 1.39 bits per heavy atom. The minimum atomic E-state index is -0.166. The van der Waals surface area contributed by atoms with Crippen LogP contribution in [0.3, 0.4) is 0 Å². The van der Waals surface area contributed by atoms with Crippen LogP contribution in [0.4, 0.5) is 4.39 Å². The zero-order valence-corrected chi connectivity index (χ0v) is 11.8. The maximum atomic E-state index is 14.6. The lowest BCUT2D eigenvalue weighted by Gasteiger charge is -2.29. The van der Waals surface area contributed by atoms with Crippen LogP contribution >= 0.6 is 11.8 Å². The fourth-order valence-electron chi connectivity index (χ4n) is 2.93. The van der Waals surface area contributed by atoms with Crippen LogP contribution in [0.25, 0.3) is 0 Å². The van der Waals surface area contributed by atoms with Gasteiger partial charge in [0.1, 0.15) is 11.6 Å². The first-order chi connectivity index (χ1) is 8.68. The highest BCUT2D eigenvalue weighted by Gasteiger charge is 2.37. The van der Waals surface area contributed by atoms with Crippen molar-refractivity contribution in [2.45, 2.75) is 36.0 Å². The van der Waals surface area contributed by atoms with Crippen molar-refractivity contribution in [1.82, 2.24) is 0 Å². The quantitative estimate of drug-likeness (QED) is 0.852. The molecule has 0 unspecified atom stereocenters. The molecular weight excluding hydrogens is 249 g/mol. The molecule has 1 saturated carbocycles. The van der Waals surface area contributed by atoms with E-state index in [0.717, 1.165) is 31.2 Å². The van der Waals surface area contributed by atoms with E-state index in [1.807, 2.05) is 18.4 Å². The molecule has 0 heterocycles. The van der Waals surface area contributed by atoms with Gasteiger partial charge in [-0.25, -0.2) is 4.39 Å². The molecule has 1 fully saturated rings. The van der Waals surface area contributed by atoms with Crippen LogP contribution in [0.5, 0.6) is 5.75 Å². The maximum absolute atomic E-state index is 14.6. The normalized spacial score (nSPS) is 18.0. The second kappa shape index (κ2) is 5.49. The van der Waals surface area contributed by atoms with E-state index in [-0.39, 0.29) is 11.2 Å². The summed E-state index contributed by atoms with van der Waals surface area (Å²) in [6.07, 6.45) is 6.12. The van der Waals surface area contributed by atoms with Gasteiger partial charge < -0.3 is 10.5 Å². The Hall–Kier alpha value is -0.740. The third-order valence-corrected chi connectivity index (χ3v) is 4.80. The Balaban J connectivity index is 2.51. The van der Waals surface area contributed by atoms with Crippen LogP contribution in [-0.2, 0) is 5.41 Å². The molecule has 0 bridgehead atoms. The molecule has 0 amide bonds. The lowest BCUT2D eigenvalue weighted by Crippen LogP contribution is -2.33. The Bertz CT molecular complexity index is 430. The summed E-state index contributed by atoms with van der Waals surface area (Å²) in [7, 11) is 1.57. The number of rotatable bonds is 4. The third-order valence-electron chi connectivity index (χ3n) is 4.01. The van der Waals surface area contributed by atoms with Crippen molar-refractivity contribution in [1.29, 1.82) is 0 Å². The third kappa shape index (κ3) is 2.12. The highest BCUT2D eigenvalue weighted by atomic mass is 32.2. The number of ether oxygens (including phenoxy) is 1. The molecule has 0 aromatic heterocycles. The Kier molecular flexibility index (Phi) is 4.17. The largest absolute Gasteiger partial charge is 0.495 e. The fourth-order valence-corrected chi connectivity index (χ4v) is 3.58. The summed E-state index contributed by atoms with van der Waals surface area (Å²) in [5.74, 6) is 0.461. The van der Waals surface area contributed by atoms with E-state index in [1.165, 1.54) is 11.8 Å². The van der Waals surface area contributed by atoms with Crippen molar-refractivity contribution in [3.05, 3.63) is 23.5 Å². The van der Waals surface area contributed by atoms with E-state index in [2.05, 4.69) is 0 Å². The predicted octanol–water partition coefficient (Wildman–Crippen LogP) is 3.33. The summed E-state index contributed by atoms with van der Waals surface area (Å²) in [5.41, 5.74) is 6.53. The van der Waals surface area contributed by atoms with E-state index in [9.17, 15) is 4.39 Å². The molecule has 2 rings (SSSR count). The molecule has 2 N–H and O–H groups in total. The molecule has 18 heavy (non-hydrogen) atoms. The van der Waals surface area contributed by atoms with Crippen LogP contribution < -0.4 is 10.5 Å². The first kappa shape index (κ1) is 13.7. The van der Waals surface area contributed by atoms with Gasteiger partial charge in [-0.3, -0.25) is 0 Å². The average Bonchev–Trinajstić information content (AvgIpc) is 2.88. The number of hydrogen-bond donors (Lipinski definition) is 1. The predicted molar refractivity (Wildman–Crippen MR) is 73.9 cm³/mol. The fraction of sp³-hybridized carbons (Fsp3) is 0.571. The number of benzene rings is 1. The molecule has 100 valence electrons. The van der Waals surface area contributed by atoms with E-state index in [4.69, 9.17) is 10.5 Å². The zero-order valence-electron chi connectivity index (χ0n) is 11.0. The molecule has 0 radical (unpaired) electrons. The first-order valence-electron chi connectivity index (χ1n) is 6.29. The monoisotopic (exact) mass is 269 g/mol. The number of halogens is 1. The van der Waals surface area contributed by atoms with Gasteiger partial charge in [-0.1, -0.05) is 18.9 Å².